The maximum Gasteiger partial charge on any atom is 0.274 e. The number of nitro groups is 2. The first-order chi connectivity index (χ1) is 13.9. The van der Waals surface area contributed by atoms with E-state index in [2.05, 4.69) is 4.98 Å². The van der Waals surface area contributed by atoms with Gasteiger partial charge < -0.3 is 0 Å². The third-order valence-electron chi connectivity index (χ3n) is 4.16. The van der Waals surface area contributed by atoms with E-state index in [0.29, 0.717) is 22.0 Å². The number of thioether (sulfide) groups is 1. The number of hydrogen-bond acceptors (Lipinski definition) is 7. The van der Waals surface area contributed by atoms with Crippen LogP contribution in [0.25, 0.3) is 0 Å². The molecule has 0 aliphatic rings. The topological polar surface area (TPSA) is 121 Å². The van der Waals surface area contributed by atoms with E-state index in [9.17, 15) is 25.0 Å². The van der Waals surface area contributed by atoms with Crippen molar-refractivity contribution < 1.29 is 9.85 Å². The van der Waals surface area contributed by atoms with E-state index < -0.39 is 9.85 Å². The van der Waals surface area contributed by atoms with Gasteiger partial charge in [0.2, 0.25) is 0 Å². The lowest BCUT2D eigenvalue weighted by atomic mass is 10.2. The summed E-state index contributed by atoms with van der Waals surface area (Å²) in [6.45, 7) is 1.65. The van der Waals surface area contributed by atoms with E-state index in [4.69, 9.17) is 0 Å². The van der Waals surface area contributed by atoms with E-state index in [1.54, 1.807) is 43.3 Å². The van der Waals surface area contributed by atoms with Crippen molar-refractivity contribution >= 4 is 23.1 Å². The number of benzene rings is 2. The molecule has 1 aromatic heterocycles. The zero-order valence-corrected chi connectivity index (χ0v) is 16.2. The lowest BCUT2D eigenvalue weighted by molar-refractivity contribution is -0.385. The molecule has 0 aliphatic heterocycles. The summed E-state index contributed by atoms with van der Waals surface area (Å²) < 4.78 is 1.34. The normalized spacial score (nSPS) is 10.7. The summed E-state index contributed by atoms with van der Waals surface area (Å²) in [6.07, 6.45) is 0. The number of para-hydroxylation sites is 2. The summed E-state index contributed by atoms with van der Waals surface area (Å²) in [6, 6.07) is 13.9. The summed E-state index contributed by atoms with van der Waals surface area (Å²) in [7, 11) is 0. The molecule has 0 aliphatic carbocycles. The molecule has 3 aromatic rings. The largest absolute Gasteiger partial charge is 0.283 e. The van der Waals surface area contributed by atoms with Gasteiger partial charge in [-0.15, -0.1) is 0 Å². The SMILES string of the molecule is Cc1cc(=O)n(Cc2ccccc2[N+](=O)[O-])c(SCc2ccccc2[N+](=O)[O-])n1. The van der Waals surface area contributed by atoms with Crippen molar-refractivity contribution in [3.8, 4) is 0 Å². The average molecular weight is 412 g/mol. The van der Waals surface area contributed by atoms with Gasteiger partial charge >= 0.3 is 0 Å². The van der Waals surface area contributed by atoms with Crippen LogP contribution in [0.3, 0.4) is 0 Å². The van der Waals surface area contributed by atoms with Crippen LogP contribution >= 0.6 is 11.8 Å². The highest BCUT2D eigenvalue weighted by atomic mass is 32.2. The second kappa shape index (κ2) is 8.65. The van der Waals surface area contributed by atoms with Crippen molar-refractivity contribution in [2.75, 3.05) is 0 Å². The summed E-state index contributed by atoms with van der Waals surface area (Å²) >= 11 is 1.17. The quantitative estimate of drug-likeness (QED) is 0.251. The van der Waals surface area contributed by atoms with Crippen molar-refractivity contribution in [2.24, 2.45) is 0 Å². The van der Waals surface area contributed by atoms with E-state index in [-0.39, 0.29) is 29.2 Å². The molecule has 0 saturated heterocycles. The van der Waals surface area contributed by atoms with Gasteiger partial charge in [-0.2, -0.15) is 0 Å². The Bertz CT molecular complexity index is 1150. The molecule has 0 N–H and O–H groups in total. The number of hydrogen-bond donors (Lipinski definition) is 0. The summed E-state index contributed by atoms with van der Waals surface area (Å²) in [5.41, 5.74) is 0.919. The minimum absolute atomic E-state index is 0.0137. The molecule has 0 unspecified atom stereocenters. The monoisotopic (exact) mass is 412 g/mol. The molecule has 0 saturated carbocycles. The standard InChI is InChI=1S/C19H16N4O5S/c1-13-10-18(24)21(11-14-6-2-4-8-16(14)22(25)26)19(20-13)29-12-15-7-3-5-9-17(15)23(27)28/h2-10H,11-12H2,1H3. The highest BCUT2D eigenvalue weighted by molar-refractivity contribution is 7.98. The predicted molar refractivity (Wildman–Crippen MR) is 108 cm³/mol. The maximum absolute atomic E-state index is 12.6. The molecule has 0 bridgehead atoms. The molecule has 29 heavy (non-hydrogen) atoms. The fourth-order valence-corrected chi connectivity index (χ4v) is 3.84. The Balaban J connectivity index is 1.96. The van der Waals surface area contributed by atoms with Crippen LogP contribution in [-0.2, 0) is 12.3 Å². The van der Waals surface area contributed by atoms with Gasteiger partial charge in [0.05, 0.1) is 16.4 Å². The average Bonchev–Trinajstić information content (AvgIpc) is 2.69. The molecule has 148 valence electrons. The smallest absolute Gasteiger partial charge is 0.274 e. The molecule has 0 amide bonds. The number of aryl methyl sites for hydroxylation is 1. The van der Waals surface area contributed by atoms with Crippen molar-refractivity contribution in [1.82, 2.24) is 9.55 Å². The molecule has 2 aromatic carbocycles. The van der Waals surface area contributed by atoms with E-state index in [1.165, 1.54) is 34.5 Å². The molecular formula is C19H16N4O5S. The van der Waals surface area contributed by atoms with Crippen LogP contribution in [-0.4, -0.2) is 19.4 Å². The molecule has 0 radical (unpaired) electrons. The number of rotatable bonds is 7. The predicted octanol–water partition coefficient (Wildman–Crippen LogP) is 3.71. The molecule has 9 nitrogen and oxygen atoms in total. The van der Waals surface area contributed by atoms with Crippen LogP contribution in [0, 0.1) is 27.2 Å². The van der Waals surface area contributed by atoms with Crippen LogP contribution < -0.4 is 5.56 Å². The van der Waals surface area contributed by atoms with Crippen molar-refractivity contribution in [1.29, 1.82) is 0 Å². The third-order valence-corrected chi connectivity index (χ3v) is 5.19. The van der Waals surface area contributed by atoms with Crippen molar-refractivity contribution in [3.63, 3.8) is 0 Å². The highest BCUT2D eigenvalue weighted by Gasteiger charge is 2.18. The summed E-state index contributed by atoms with van der Waals surface area (Å²) in [5.74, 6) is 0.226. The molecule has 1 heterocycles. The minimum atomic E-state index is -0.498. The van der Waals surface area contributed by atoms with Gasteiger partial charge in [0.1, 0.15) is 0 Å². The van der Waals surface area contributed by atoms with Crippen LogP contribution in [0.15, 0.2) is 64.5 Å². The highest BCUT2D eigenvalue weighted by Crippen LogP contribution is 2.27. The second-order valence-corrected chi connectivity index (χ2v) is 7.11. The van der Waals surface area contributed by atoms with Crippen LogP contribution in [0.4, 0.5) is 11.4 Å². The van der Waals surface area contributed by atoms with E-state index >= 15 is 0 Å². The van der Waals surface area contributed by atoms with Crippen LogP contribution in [0.2, 0.25) is 0 Å². The number of nitrogens with zero attached hydrogens (tertiary/aromatic N) is 4. The van der Waals surface area contributed by atoms with Crippen LogP contribution in [0.1, 0.15) is 16.8 Å². The molecule has 0 fully saturated rings. The number of aromatic nitrogens is 2. The minimum Gasteiger partial charge on any atom is -0.283 e. The molecule has 10 heteroatoms. The fourth-order valence-electron chi connectivity index (χ4n) is 2.80. The van der Waals surface area contributed by atoms with Gasteiger partial charge in [-0.3, -0.25) is 29.6 Å². The van der Waals surface area contributed by atoms with Gasteiger partial charge in [-0.05, 0) is 6.92 Å². The lowest BCUT2D eigenvalue weighted by Crippen LogP contribution is -2.24. The Morgan fingerprint density at radius 1 is 0.966 bits per heavy atom. The van der Waals surface area contributed by atoms with Crippen molar-refractivity contribution in [3.05, 3.63) is 102 Å². The first-order valence-corrected chi connectivity index (χ1v) is 9.51. The van der Waals surface area contributed by atoms with Gasteiger partial charge in [0.15, 0.2) is 5.16 Å². The summed E-state index contributed by atoms with van der Waals surface area (Å²) in [5, 5.41) is 22.8. The Labute approximate surface area is 169 Å². The van der Waals surface area contributed by atoms with Gasteiger partial charge in [0.25, 0.3) is 16.9 Å². The Hall–Kier alpha value is -3.53. The molecule has 3 rings (SSSR count). The molecule has 0 atom stereocenters. The van der Waals surface area contributed by atoms with Gasteiger partial charge in [-0.25, -0.2) is 4.98 Å². The Morgan fingerprint density at radius 3 is 2.14 bits per heavy atom. The zero-order valence-electron chi connectivity index (χ0n) is 15.3. The Morgan fingerprint density at radius 2 is 1.52 bits per heavy atom. The summed E-state index contributed by atoms with van der Waals surface area (Å²) in [4.78, 5) is 38.5. The van der Waals surface area contributed by atoms with E-state index in [1.807, 2.05) is 0 Å². The van der Waals surface area contributed by atoms with E-state index in [0.717, 1.165) is 0 Å². The van der Waals surface area contributed by atoms with Crippen LogP contribution in [0.5, 0.6) is 0 Å². The zero-order chi connectivity index (χ0) is 21.0. The Kier molecular flexibility index (Phi) is 6.03. The van der Waals surface area contributed by atoms with Gasteiger partial charge in [0, 0.05) is 40.8 Å². The second-order valence-electron chi connectivity index (χ2n) is 6.16. The first-order valence-electron chi connectivity index (χ1n) is 8.52. The molecule has 0 spiro atoms. The van der Waals surface area contributed by atoms with Crippen molar-refractivity contribution in [2.45, 2.75) is 24.4 Å². The molecular weight excluding hydrogens is 396 g/mol. The fraction of sp³-hybridized carbons (Fsp3) is 0.158. The lowest BCUT2D eigenvalue weighted by Gasteiger charge is -2.12. The number of nitro benzene ring substituents is 2. The third kappa shape index (κ3) is 4.66. The van der Waals surface area contributed by atoms with Gasteiger partial charge in [-0.1, -0.05) is 48.2 Å². The first kappa shape index (κ1) is 20.2. The maximum atomic E-state index is 12.6.